The highest BCUT2D eigenvalue weighted by Gasteiger charge is 2.43. The molecule has 2 aliphatic rings. The number of hydrogen-bond acceptors (Lipinski definition) is 9. The van der Waals surface area contributed by atoms with Crippen LogP contribution < -0.4 is 15.4 Å². The Morgan fingerprint density at radius 3 is 2.81 bits per heavy atom. The molecule has 4 N–H and O–H groups in total. The Morgan fingerprint density at radius 2 is 2.05 bits per heavy atom. The van der Waals surface area contributed by atoms with Gasteiger partial charge in [-0.3, -0.25) is 4.31 Å². The van der Waals surface area contributed by atoms with Crippen molar-refractivity contribution in [2.45, 2.75) is 63.0 Å². The Morgan fingerprint density at radius 1 is 1.23 bits per heavy atom. The minimum Gasteiger partial charge on any atom is -0.449 e. The third-order valence-corrected chi connectivity index (χ3v) is 10.2. The van der Waals surface area contributed by atoms with Gasteiger partial charge in [-0.25, -0.2) is 13.2 Å². The van der Waals surface area contributed by atoms with E-state index in [9.17, 15) is 18.3 Å². The fraction of sp³-hybridized carbons (Fsp3) is 0.500. The molecule has 4 unspecified atom stereocenters. The third-order valence-electron chi connectivity index (χ3n) is 7.73. The van der Waals surface area contributed by atoms with E-state index < -0.39 is 22.2 Å². The molecule has 3 aromatic rings. The van der Waals surface area contributed by atoms with Crippen LogP contribution in [0.2, 0.25) is 0 Å². The van der Waals surface area contributed by atoms with E-state index in [0.717, 1.165) is 12.0 Å². The van der Waals surface area contributed by atoms with Crippen LogP contribution in [0.3, 0.4) is 0 Å². The number of aliphatic hydroxyl groups is 1. The Bertz CT molecular complexity index is 1550. The molecule has 2 saturated heterocycles. The summed E-state index contributed by atoms with van der Waals surface area (Å²) in [6.45, 7) is 5.32. The lowest BCUT2D eigenvalue weighted by Crippen LogP contribution is -2.37. The first-order chi connectivity index (χ1) is 20.6. The Kier molecular flexibility index (Phi) is 9.99. The molecular weight excluding hydrogens is 642 g/mol. The molecule has 5 rings (SSSR count). The van der Waals surface area contributed by atoms with E-state index in [1.54, 1.807) is 24.3 Å². The van der Waals surface area contributed by atoms with Crippen molar-refractivity contribution in [2.75, 3.05) is 30.6 Å². The molecule has 4 atom stereocenters. The van der Waals surface area contributed by atoms with Gasteiger partial charge in [0.15, 0.2) is 11.0 Å². The summed E-state index contributed by atoms with van der Waals surface area (Å²) < 4.78 is 51.9. The number of nitrogens with two attached hydrogens (primary N) is 1. The molecule has 0 aliphatic carbocycles. The van der Waals surface area contributed by atoms with Gasteiger partial charge in [-0.2, -0.15) is 0 Å². The van der Waals surface area contributed by atoms with E-state index in [2.05, 4.69) is 21.2 Å². The van der Waals surface area contributed by atoms with Crippen LogP contribution in [0, 0.1) is 11.8 Å². The van der Waals surface area contributed by atoms with Gasteiger partial charge in [0.25, 0.3) is 10.0 Å². The fourth-order valence-electron chi connectivity index (χ4n) is 5.48. The lowest BCUT2D eigenvalue weighted by Gasteiger charge is -2.27. The first-order valence-corrected chi connectivity index (χ1v) is 16.7. The highest BCUT2D eigenvalue weighted by atomic mass is 79.9. The summed E-state index contributed by atoms with van der Waals surface area (Å²) in [5.41, 5.74) is 8.53. The topological polar surface area (TPSA) is 154 Å². The van der Waals surface area contributed by atoms with Crippen LogP contribution >= 0.6 is 15.9 Å². The summed E-state index contributed by atoms with van der Waals surface area (Å²) in [7, 11) is -3.93. The number of fused-ring (bicyclic) bond motifs is 2. The van der Waals surface area contributed by atoms with Crippen molar-refractivity contribution < 1.29 is 36.9 Å². The van der Waals surface area contributed by atoms with Crippen LogP contribution in [-0.4, -0.2) is 64.4 Å². The monoisotopic (exact) mass is 679 g/mol. The number of aliphatic hydroxyl groups excluding tert-OH is 1. The van der Waals surface area contributed by atoms with Crippen LogP contribution in [-0.2, 0) is 37.2 Å². The highest BCUT2D eigenvalue weighted by Crippen LogP contribution is 2.34. The van der Waals surface area contributed by atoms with E-state index in [-0.39, 0.29) is 48.8 Å². The number of nitrogens with one attached hydrogen (secondary N) is 1. The van der Waals surface area contributed by atoms with Crippen LogP contribution in [0.1, 0.15) is 37.8 Å². The van der Waals surface area contributed by atoms with Crippen molar-refractivity contribution in [2.24, 2.45) is 17.6 Å². The van der Waals surface area contributed by atoms with Crippen LogP contribution in [0.5, 0.6) is 0 Å². The summed E-state index contributed by atoms with van der Waals surface area (Å²) in [4.78, 5) is 12.4. The second-order valence-electron chi connectivity index (χ2n) is 11.4. The summed E-state index contributed by atoms with van der Waals surface area (Å²) in [6, 6.07) is 12.1. The SMILES string of the molecule is CC(C)CN(c1cccc(CCC(O)CNC(=O)OC2COC3OCCC23)c1)S(=O)(=O)c1ccc2oc(Br)c(CN)c2c1. The molecule has 234 valence electrons. The minimum absolute atomic E-state index is 0.0297. The number of amides is 1. The highest BCUT2D eigenvalue weighted by molar-refractivity contribution is 9.10. The summed E-state index contributed by atoms with van der Waals surface area (Å²) in [5.74, 6) is 0.0986. The predicted molar refractivity (Wildman–Crippen MR) is 164 cm³/mol. The van der Waals surface area contributed by atoms with E-state index in [1.807, 2.05) is 32.0 Å². The molecule has 13 heteroatoms. The smallest absolute Gasteiger partial charge is 0.407 e. The summed E-state index contributed by atoms with van der Waals surface area (Å²) in [6.07, 6.45) is -0.454. The van der Waals surface area contributed by atoms with Crippen molar-refractivity contribution in [1.82, 2.24) is 5.32 Å². The number of sulfonamides is 1. The first kappa shape index (κ1) is 31.7. The second kappa shape index (κ2) is 13.5. The first-order valence-electron chi connectivity index (χ1n) is 14.4. The molecule has 0 bridgehead atoms. The molecule has 0 saturated carbocycles. The van der Waals surface area contributed by atoms with Gasteiger partial charge in [0.2, 0.25) is 0 Å². The lowest BCUT2D eigenvalue weighted by molar-refractivity contribution is -0.0907. The number of carbonyl (C=O) groups is 1. The maximum atomic E-state index is 14.0. The van der Waals surface area contributed by atoms with Crippen molar-refractivity contribution in [3.8, 4) is 0 Å². The molecule has 2 aromatic carbocycles. The van der Waals surface area contributed by atoms with E-state index in [1.165, 1.54) is 4.31 Å². The van der Waals surface area contributed by atoms with Gasteiger partial charge < -0.3 is 34.8 Å². The zero-order valence-corrected chi connectivity index (χ0v) is 26.6. The average Bonchev–Trinajstić information content (AvgIpc) is 3.68. The van der Waals surface area contributed by atoms with Crippen molar-refractivity contribution >= 4 is 48.7 Å². The lowest BCUT2D eigenvalue weighted by atomic mass is 10.0. The molecule has 0 radical (unpaired) electrons. The maximum absolute atomic E-state index is 14.0. The summed E-state index contributed by atoms with van der Waals surface area (Å²) in [5, 5.41) is 13.8. The zero-order chi connectivity index (χ0) is 30.7. The number of benzene rings is 2. The Balaban J connectivity index is 1.23. The number of furan rings is 1. The number of nitrogens with zero attached hydrogens (tertiary/aromatic N) is 1. The quantitative estimate of drug-likeness (QED) is 0.254. The predicted octanol–water partition coefficient (Wildman–Crippen LogP) is 4.29. The van der Waals surface area contributed by atoms with Gasteiger partial charge in [0, 0.05) is 30.6 Å². The van der Waals surface area contributed by atoms with Gasteiger partial charge >= 0.3 is 6.09 Å². The van der Waals surface area contributed by atoms with Crippen LogP contribution in [0.4, 0.5) is 10.5 Å². The van der Waals surface area contributed by atoms with Gasteiger partial charge in [-0.15, -0.1) is 0 Å². The Labute approximate surface area is 259 Å². The number of ether oxygens (including phenoxy) is 3. The number of rotatable bonds is 12. The maximum Gasteiger partial charge on any atom is 0.407 e. The molecule has 0 spiro atoms. The van der Waals surface area contributed by atoms with Gasteiger partial charge in [-0.1, -0.05) is 26.0 Å². The number of anilines is 1. The standard InChI is InChI=1S/C30H38BrN3O8S/c1-18(2)16-34(43(37,38)22-8-9-26-24(13-22)25(14-32)28(31)41-26)20-5-3-4-19(12-20)6-7-21(35)15-33-30(36)42-27-17-40-29-23(27)10-11-39-29/h3-5,8-9,12-13,18,21,23,27,29,35H,6-7,10-11,14-17,32H2,1-2H3,(H,33,36). The number of carbonyl (C=O) groups excluding carboxylic acids is 1. The summed E-state index contributed by atoms with van der Waals surface area (Å²) >= 11 is 3.36. The molecule has 1 aromatic heterocycles. The van der Waals surface area contributed by atoms with Crippen LogP contribution in [0.15, 0.2) is 56.4 Å². The number of halogens is 1. The largest absolute Gasteiger partial charge is 0.449 e. The fourth-order valence-corrected chi connectivity index (χ4v) is 7.68. The van der Waals surface area contributed by atoms with Crippen molar-refractivity contribution in [3.63, 3.8) is 0 Å². The van der Waals surface area contributed by atoms with Gasteiger partial charge in [0.05, 0.1) is 35.8 Å². The number of hydrogen-bond donors (Lipinski definition) is 3. The molecule has 3 heterocycles. The Hall–Kier alpha value is -2.68. The van der Waals surface area contributed by atoms with Crippen molar-refractivity contribution in [3.05, 3.63) is 58.3 Å². The van der Waals surface area contributed by atoms with Crippen LogP contribution in [0.25, 0.3) is 11.0 Å². The third kappa shape index (κ3) is 7.18. The molecule has 2 aliphatic heterocycles. The van der Waals surface area contributed by atoms with E-state index in [4.69, 9.17) is 24.4 Å². The molecule has 2 fully saturated rings. The van der Waals surface area contributed by atoms with E-state index >= 15 is 0 Å². The van der Waals surface area contributed by atoms with Crippen molar-refractivity contribution in [1.29, 1.82) is 0 Å². The van der Waals surface area contributed by atoms with Gasteiger partial charge in [-0.05, 0) is 77.0 Å². The molecule has 11 nitrogen and oxygen atoms in total. The molecule has 1 amide bonds. The normalized spacial score (nSPS) is 20.8. The zero-order valence-electron chi connectivity index (χ0n) is 24.2. The minimum atomic E-state index is -3.93. The molecular formula is C30H38BrN3O8S. The van der Waals surface area contributed by atoms with E-state index in [0.29, 0.717) is 52.9 Å². The average molecular weight is 681 g/mol. The number of aryl methyl sites for hydroxylation is 1. The second-order valence-corrected chi connectivity index (χ2v) is 13.9. The molecule has 43 heavy (non-hydrogen) atoms. The number of alkyl carbamates (subject to hydrolysis) is 1. The van der Waals surface area contributed by atoms with Gasteiger partial charge in [0.1, 0.15) is 11.7 Å².